The fraction of sp³-hybridized carbons (Fsp3) is 0.130. The summed E-state index contributed by atoms with van der Waals surface area (Å²) in [5.74, 6) is 1.67. The molecular weight excluding hydrogens is 474 g/mol. The number of nitrogens with zero attached hydrogens (tertiary/aromatic N) is 8. The number of alkyl halides is 2. The van der Waals surface area contributed by atoms with Crippen LogP contribution in [0.1, 0.15) is 11.4 Å². The van der Waals surface area contributed by atoms with E-state index in [1.807, 2.05) is 47.9 Å². The van der Waals surface area contributed by atoms with Crippen LogP contribution in [0.2, 0.25) is 0 Å². The van der Waals surface area contributed by atoms with Gasteiger partial charge >= 0.3 is 6.61 Å². The van der Waals surface area contributed by atoms with E-state index in [2.05, 4.69) is 35.4 Å². The summed E-state index contributed by atoms with van der Waals surface area (Å²) in [6.07, 6.45) is 3.45. The van der Waals surface area contributed by atoms with E-state index in [9.17, 15) is 8.78 Å². The first kappa shape index (κ1) is 22.6. The molecule has 0 aliphatic rings. The maximum absolute atomic E-state index is 12.4. The Labute approximate surface area is 202 Å². The van der Waals surface area contributed by atoms with E-state index in [4.69, 9.17) is 0 Å². The largest absolute Gasteiger partial charge is 0.435 e. The number of hydrogen-bond acceptors (Lipinski definition) is 8. The maximum Gasteiger partial charge on any atom is 0.387 e. The molecule has 176 valence electrons. The van der Waals surface area contributed by atoms with Crippen molar-refractivity contribution >= 4 is 11.8 Å². The minimum atomic E-state index is -2.89. The van der Waals surface area contributed by atoms with Crippen molar-refractivity contribution in [3.05, 3.63) is 84.4 Å². The third kappa shape index (κ3) is 4.87. The van der Waals surface area contributed by atoms with Gasteiger partial charge in [0, 0.05) is 18.0 Å². The number of para-hydroxylation sites is 1. The minimum Gasteiger partial charge on any atom is -0.435 e. The summed E-state index contributed by atoms with van der Waals surface area (Å²) in [7, 11) is 0. The van der Waals surface area contributed by atoms with E-state index in [-0.39, 0.29) is 5.75 Å². The molecule has 0 atom stereocenters. The van der Waals surface area contributed by atoms with Crippen molar-refractivity contribution in [3.63, 3.8) is 0 Å². The fourth-order valence-corrected chi connectivity index (χ4v) is 4.32. The zero-order valence-electron chi connectivity index (χ0n) is 18.4. The van der Waals surface area contributed by atoms with Gasteiger partial charge in [-0.15, -0.1) is 15.3 Å². The monoisotopic (exact) mass is 492 g/mol. The molecule has 9 nitrogen and oxygen atoms in total. The smallest absolute Gasteiger partial charge is 0.387 e. The Bertz CT molecular complexity index is 1420. The minimum absolute atomic E-state index is 0.0574. The first-order valence-corrected chi connectivity index (χ1v) is 11.5. The topological polar surface area (TPSA) is 96.4 Å². The van der Waals surface area contributed by atoms with Crippen LogP contribution in [-0.4, -0.2) is 46.6 Å². The third-order valence-electron chi connectivity index (χ3n) is 5.08. The van der Waals surface area contributed by atoms with Gasteiger partial charge in [-0.05, 0) is 65.4 Å². The van der Waals surface area contributed by atoms with Gasteiger partial charge in [0.25, 0.3) is 0 Å². The highest BCUT2D eigenvalue weighted by Gasteiger charge is 2.19. The molecule has 0 aliphatic heterocycles. The van der Waals surface area contributed by atoms with Crippen LogP contribution in [0.5, 0.6) is 5.75 Å². The Balaban J connectivity index is 1.44. The SMILES string of the molecule is Cc1ccccc1-n1c(SCc2nnnn2-c2ccc(OC(F)F)cc2)nnc1-c1cccnc1. The molecule has 0 radical (unpaired) electrons. The lowest BCUT2D eigenvalue weighted by Gasteiger charge is -2.12. The summed E-state index contributed by atoms with van der Waals surface area (Å²) < 4.78 is 32.8. The Hall–Kier alpha value is -4.19. The molecule has 5 aromatic rings. The lowest BCUT2D eigenvalue weighted by molar-refractivity contribution is -0.0498. The lowest BCUT2D eigenvalue weighted by Crippen LogP contribution is -2.05. The highest BCUT2D eigenvalue weighted by Crippen LogP contribution is 2.30. The molecule has 3 heterocycles. The highest BCUT2D eigenvalue weighted by atomic mass is 32.2. The number of aryl methyl sites for hydroxylation is 1. The molecule has 5 rings (SSSR count). The van der Waals surface area contributed by atoms with Crippen molar-refractivity contribution in [2.45, 2.75) is 24.4 Å². The van der Waals surface area contributed by atoms with Gasteiger partial charge in [0.15, 0.2) is 16.8 Å². The van der Waals surface area contributed by atoms with E-state index >= 15 is 0 Å². The standard InChI is InChI=1S/C23H18F2N8OS/c1-15-5-2-3-7-19(15)32-21(16-6-4-12-26-13-16)28-29-23(32)35-14-20-27-30-31-33(20)17-8-10-18(11-9-17)34-22(24)25/h2-13,22H,14H2,1H3. The van der Waals surface area contributed by atoms with Crippen LogP contribution in [0.3, 0.4) is 0 Å². The van der Waals surface area contributed by atoms with Crippen LogP contribution in [0.25, 0.3) is 22.8 Å². The number of halogens is 2. The zero-order valence-corrected chi connectivity index (χ0v) is 19.2. The summed E-state index contributed by atoms with van der Waals surface area (Å²) >= 11 is 1.43. The molecular formula is C23H18F2N8OS. The number of benzene rings is 2. The fourth-order valence-electron chi connectivity index (χ4n) is 3.47. The maximum atomic E-state index is 12.4. The van der Waals surface area contributed by atoms with Gasteiger partial charge in [-0.25, -0.2) is 0 Å². The molecule has 0 N–H and O–H groups in total. The van der Waals surface area contributed by atoms with Crippen molar-refractivity contribution < 1.29 is 13.5 Å². The van der Waals surface area contributed by atoms with Gasteiger partial charge in [0.05, 0.1) is 17.1 Å². The molecule has 35 heavy (non-hydrogen) atoms. The van der Waals surface area contributed by atoms with Crippen LogP contribution in [0.15, 0.2) is 78.2 Å². The summed E-state index contributed by atoms with van der Waals surface area (Å²) in [4.78, 5) is 4.21. The first-order valence-electron chi connectivity index (χ1n) is 10.5. The molecule has 3 aromatic heterocycles. The van der Waals surface area contributed by atoms with Crippen LogP contribution < -0.4 is 4.74 Å². The number of aromatic nitrogens is 8. The molecule has 0 amide bonds. The summed E-state index contributed by atoms with van der Waals surface area (Å²) in [5.41, 5.74) is 3.47. The lowest BCUT2D eigenvalue weighted by atomic mass is 10.2. The molecule has 2 aromatic carbocycles. The Morgan fingerprint density at radius 1 is 0.971 bits per heavy atom. The van der Waals surface area contributed by atoms with Crippen molar-refractivity contribution in [1.29, 1.82) is 0 Å². The predicted octanol–water partition coefficient (Wildman–Crippen LogP) is 4.51. The Morgan fingerprint density at radius 3 is 2.54 bits per heavy atom. The van der Waals surface area contributed by atoms with Crippen molar-refractivity contribution in [1.82, 2.24) is 40.0 Å². The average molecular weight is 493 g/mol. The highest BCUT2D eigenvalue weighted by molar-refractivity contribution is 7.98. The van der Waals surface area contributed by atoms with Crippen molar-refractivity contribution in [2.24, 2.45) is 0 Å². The molecule has 0 fully saturated rings. The number of ether oxygens (including phenoxy) is 1. The van der Waals surface area contributed by atoms with E-state index < -0.39 is 6.61 Å². The molecule has 0 aliphatic carbocycles. The van der Waals surface area contributed by atoms with Crippen molar-refractivity contribution in [3.8, 4) is 28.5 Å². The normalized spacial score (nSPS) is 11.2. The molecule has 12 heteroatoms. The number of pyridine rings is 1. The summed E-state index contributed by atoms with van der Waals surface area (Å²) in [6, 6.07) is 17.9. The Kier molecular flexibility index (Phi) is 6.44. The van der Waals surface area contributed by atoms with E-state index in [1.54, 1.807) is 24.5 Å². The van der Waals surface area contributed by atoms with Crippen LogP contribution in [-0.2, 0) is 5.75 Å². The first-order chi connectivity index (χ1) is 17.1. The number of thioether (sulfide) groups is 1. The van der Waals surface area contributed by atoms with E-state index in [0.717, 1.165) is 16.8 Å². The predicted molar refractivity (Wildman–Crippen MR) is 125 cm³/mol. The number of rotatable bonds is 8. The average Bonchev–Trinajstić information content (AvgIpc) is 3.51. The second kappa shape index (κ2) is 9.97. The quantitative estimate of drug-likeness (QED) is 0.292. The molecule has 0 unspecified atom stereocenters. The van der Waals surface area contributed by atoms with Crippen LogP contribution in [0, 0.1) is 6.92 Å². The molecule has 0 spiro atoms. The summed E-state index contributed by atoms with van der Waals surface area (Å²) in [5, 5.41) is 21.5. The Morgan fingerprint density at radius 2 is 1.80 bits per heavy atom. The molecule has 0 saturated heterocycles. The van der Waals surface area contributed by atoms with Gasteiger partial charge in [-0.1, -0.05) is 30.0 Å². The second-order valence-corrected chi connectivity index (χ2v) is 8.28. The van der Waals surface area contributed by atoms with Gasteiger partial charge in [0.1, 0.15) is 5.75 Å². The van der Waals surface area contributed by atoms with Gasteiger partial charge in [-0.2, -0.15) is 13.5 Å². The zero-order chi connectivity index (χ0) is 24.2. The molecule has 0 bridgehead atoms. The number of hydrogen-bond donors (Lipinski definition) is 0. The second-order valence-electron chi connectivity index (χ2n) is 7.34. The van der Waals surface area contributed by atoms with Gasteiger partial charge < -0.3 is 4.74 Å². The van der Waals surface area contributed by atoms with Crippen molar-refractivity contribution in [2.75, 3.05) is 0 Å². The van der Waals surface area contributed by atoms with Crippen LogP contribution >= 0.6 is 11.8 Å². The van der Waals surface area contributed by atoms with Crippen LogP contribution in [0.4, 0.5) is 8.78 Å². The van der Waals surface area contributed by atoms with Gasteiger partial charge in [0.2, 0.25) is 0 Å². The van der Waals surface area contributed by atoms with E-state index in [1.165, 1.54) is 28.6 Å². The van der Waals surface area contributed by atoms with E-state index in [0.29, 0.717) is 28.2 Å². The van der Waals surface area contributed by atoms with Gasteiger partial charge in [-0.3, -0.25) is 9.55 Å². The summed E-state index contributed by atoms with van der Waals surface area (Å²) in [6.45, 7) is -0.860. The third-order valence-corrected chi connectivity index (χ3v) is 6.01. The molecule has 0 saturated carbocycles. The number of tetrazole rings is 1.